The van der Waals surface area contributed by atoms with Gasteiger partial charge in [-0.05, 0) is 0 Å². The largest absolute Gasteiger partial charge is 0.366 e. The summed E-state index contributed by atoms with van der Waals surface area (Å²) in [4.78, 5) is 0. The van der Waals surface area contributed by atoms with Crippen LogP contribution >= 0.6 is 0 Å². The second kappa shape index (κ2) is 1.68. The molecule has 4 heteroatoms. The van der Waals surface area contributed by atoms with Gasteiger partial charge in [-0.3, -0.25) is 0 Å². The normalized spacial score (nSPS) is 43.8. The lowest BCUT2D eigenvalue weighted by Crippen LogP contribution is -2.43. The lowest BCUT2D eigenvalue weighted by molar-refractivity contribution is -0.0696. The Morgan fingerprint density at radius 3 is 2.40 bits per heavy atom. The molecular formula is C6H9F2NO. The molecule has 1 aliphatic carbocycles. The van der Waals surface area contributed by atoms with E-state index in [0.29, 0.717) is 19.7 Å². The van der Waals surface area contributed by atoms with Crippen LogP contribution in [0.1, 0.15) is 6.42 Å². The Kier molecular flexibility index (Phi) is 1.09. The van der Waals surface area contributed by atoms with E-state index in [1.807, 2.05) is 0 Å². The predicted molar refractivity (Wildman–Crippen MR) is 31.1 cm³/mol. The van der Waals surface area contributed by atoms with Crippen molar-refractivity contribution in [1.82, 2.24) is 5.32 Å². The summed E-state index contributed by atoms with van der Waals surface area (Å²) < 4.78 is 30.0. The van der Waals surface area contributed by atoms with Crippen LogP contribution in [0.2, 0.25) is 0 Å². The Bertz CT molecular complexity index is 154. The predicted octanol–water partition coefficient (Wildman–Crippen LogP) is 0.384. The monoisotopic (exact) mass is 149 g/mol. The number of hydrogen-bond acceptors (Lipinski definition) is 2. The van der Waals surface area contributed by atoms with E-state index in [9.17, 15) is 8.78 Å². The van der Waals surface area contributed by atoms with Gasteiger partial charge in [0.15, 0.2) is 0 Å². The second-order valence-electron chi connectivity index (χ2n) is 2.90. The van der Waals surface area contributed by atoms with Gasteiger partial charge >= 0.3 is 0 Å². The van der Waals surface area contributed by atoms with Crippen molar-refractivity contribution in [2.24, 2.45) is 0 Å². The maximum atomic E-state index is 12.5. The van der Waals surface area contributed by atoms with Gasteiger partial charge in [0.25, 0.3) is 5.92 Å². The summed E-state index contributed by atoms with van der Waals surface area (Å²) in [6.45, 7) is 1.41. The van der Waals surface area contributed by atoms with Crippen molar-refractivity contribution in [3.63, 3.8) is 0 Å². The fraction of sp³-hybridized carbons (Fsp3) is 1.00. The van der Waals surface area contributed by atoms with Gasteiger partial charge in [-0.1, -0.05) is 0 Å². The minimum Gasteiger partial charge on any atom is -0.366 e. The average Bonchev–Trinajstić information content (AvgIpc) is 2.36. The zero-order valence-corrected chi connectivity index (χ0v) is 5.49. The highest BCUT2D eigenvalue weighted by Gasteiger charge is 2.73. The molecule has 1 atom stereocenters. The van der Waals surface area contributed by atoms with Crippen LogP contribution in [0.15, 0.2) is 0 Å². The van der Waals surface area contributed by atoms with Crippen LogP contribution in [-0.4, -0.2) is 31.2 Å². The lowest BCUT2D eigenvalue weighted by atomic mass is 10.3. The third-order valence-corrected chi connectivity index (χ3v) is 2.12. The van der Waals surface area contributed by atoms with E-state index in [1.165, 1.54) is 0 Å². The molecule has 0 amide bonds. The topological polar surface area (TPSA) is 21.3 Å². The van der Waals surface area contributed by atoms with Gasteiger partial charge in [-0.25, -0.2) is 8.78 Å². The van der Waals surface area contributed by atoms with Gasteiger partial charge in [0, 0.05) is 13.1 Å². The lowest BCUT2D eigenvalue weighted by Gasteiger charge is -2.23. The summed E-state index contributed by atoms with van der Waals surface area (Å²) >= 11 is 0. The highest BCUT2D eigenvalue weighted by Crippen LogP contribution is 2.55. The minimum atomic E-state index is -2.57. The highest BCUT2D eigenvalue weighted by atomic mass is 19.3. The first-order valence-electron chi connectivity index (χ1n) is 3.39. The molecule has 1 saturated heterocycles. The van der Waals surface area contributed by atoms with E-state index in [0.717, 1.165) is 0 Å². The van der Waals surface area contributed by atoms with Crippen LogP contribution in [-0.2, 0) is 4.74 Å². The van der Waals surface area contributed by atoms with Gasteiger partial charge in [-0.2, -0.15) is 0 Å². The van der Waals surface area contributed by atoms with Gasteiger partial charge in [0.1, 0.15) is 5.60 Å². The zero-order valence-electron chi connectivity index (χ0n) is 5.49. The summed E-state index contributed by atoms with van der Waals surface area (Å²) in [5.74, 6) is -2.57. The molecule has 2 fully saturated rings. The number of hydrogen-bond donors (Lipinski definition) is 1. The fourth-order valence-electron chi connectivity index (χ4n) is 1.32. The third kappa shape index (κ3) is 0.689. The first-order chi connectivity index (χ1) is 4.66. The molecule has 1 spiro atoms. The van der Waals surface area contributed by atoms with Gasteiger partial charge < -0.3 is 10.1 Å². The van der Waals surface area contributed by atoms with Crippen LogP contribution < -0.4 is 5.32 Å². The van der Waals surface area contributed by atoms with E-state index in [4.69, 9.17) is 4.74 Å². The summed E-state index contributed by atoms with van der Waals surface area (Å²) in [7, 11) is 0. The van der Waals surface area contributed by atoms with Crippen molar-refractivity contribution in [3.05, 3.63) is 0 Å². The summed E-state index contributed by atoms with van der Waals surface area (Å²) in [5.41, 5.74) is -1.12. The summed E-state index contributed by atoms with van der Waals surface area (Å²) in [6, 6.07) is 0. The minimum absolute atomic E-state index is 0.104. The molecule has 10 heavy (non-hydrogen) atoms. The van der Waals surface area contributed by atoms with E-state index in [-0.39, 0.29) is 6.42 Å². The Balaban J connectivity index is 2.05. The van der Waals surface area contributed by atoms with E-state index >= 15 is 0 Å². The molecule has 0 aromatic carbocycles. The molecule has 0 bridgehead atoms. The van der Waals surface area contributed by atoms with Gasteiger partial charge in [0.05, 0.1) is 13.0 Å². The molecule has 1 saturated carbocycles. The Morgan fingerprint density at radius 2 is 2.10 bits per heavy atom. The number of nitrogens with one attached hydrogen (secondary N) is 1. The standard InChI is InChI=1S/C6H9F2NO/c7-6(8)3-5(6)4-9-1-2-10-5/h9H,1-4H2. The molecule has 58 valence electrons. The van der Waals surface area contributed by atoms with Crippen molar-refractivity contribution in [3.8, 4) is 0 Å². The van der Waals surface area contributed by atoms with Crippen LogP contribution in [0.3, 0.4) is 0 Å². The number of halogens is 2. The Morgan fingerprint density at radius 1 is 1.40 bits per heavy atom. The Hall–Kier alpha value is -0.220. The van der Waals surface area contributed by atoms with Crippen LogP contribution in [0.4, 0.5) is 8.78 Å². The molecule has 1 unspecified atom stereocenters. The van der Waals surface area contributed by atoms with Crippen molar-refractivity contribution in [2.45, 2.75) is 17.9 Å². The van der Waals surface area contributed by atoms with E-state index in [1.54, 1.807) is 0 Å². The highest BCUT2D eigenvalue weighted by molar-refractivity contribution is 5.15. The molecule has 1 N–H and O–H groups in total. The average molecular weight is 149 g/mol. The van der Waals surface area contributed by atoms with Crippen LogP contribution in [0.25, 0.3) is 0 Å². The number of morpholine rings is 1. The molecule has 1 aliphatic heterocycles. The molecule has 2 rings (SSSR count). The molecule has 0 radical (unpaired) electrons. The SMILES string of the molecule is FC1(F)CC12CNCCO2. The summed E-state index contributed by atoms with van der Waals surface area (Å²) in [5, 5.41) is 2.89. The van der Waals surface area contributed by atoms with Crippen LogP contribution in [0.5, 0.6) is 0 Å². The molecule has 2 nitrogen and oxygen atoms in total. The van der Waals surface area contributed by atoms with Crippen LogP contribution in [0, 0.1) is 0 Å². The van der Waals surface area contributed by atoms with Gasteiger partial charge in [-0.15, -0.1) is 0 Å². The molecular weight excluding hydrogens is 140 g/mol. The first-order valence-corrected chi connectivity index (χ1v) is 3.39. The van der Waals surface area contributed by atoms with E-state index < -0.39 is 11.5 Å². The maximum Gasteiger partial charge on any atom is 0.280 e. The van der Waals surface area contributed by atoms with Crippen molar-refractivity contribution < 1.29 is 13.5 Å². The number of rotatable bonds is 0. The van der Waals surface area contributed by atoms with Crippen molar-refractivity contribution >= 4 is 0 Å². The zero-order chi connectivity index (χ0) is 7.24. The van der Waals surface area contributed by atoms with Crippen molar-refractivity contribution in [2.75, 3.05) is 19.7 Å². The molecule has 2 aliphatic rings. The third-order valence-electron chi connectivity index (χ3n) is 2.12. The molecule has 0 aromatic rings. The molecule has 0 aromatic heterocycles. The fourth-order valence-corrected chi connectivity index (χ4v) is 1.32. The Labute approximate surface area is 57.5 Å². The van der Waals surface area contributed by atoms with Gasteiger partial charge in [0.2, 0.25) is 0 Å². The first kappa shape index (κ1) is 6.49. The van der Waals surface area contributed by atoms with E-state index in [2.05, 4.69) is 5.32 Å². The maximum absolute atomic E-state index is 12.5. The number of alkyl halides is 2. The smallest absolute Gasteiger partial charge is 0.280 e. The quantitative estimate of drug-likeness (QED) is 0.537. The van der Waals surface area contributed by atoms with Crippen molar-refractivity contribution in [1.29, 1.82) is 0 Å². The second-order valence-corrected chi connectivity index (χ2v) is 2.90. The number of ether oxygens (including phenoxy) is 1. The molecule has 1 heterocycles. The summed E-state index contributed by atoms with van der Waals surface area (Å²) in [6.07, 6.45) is -0.104.